The van der Waals surface area contributed by atoms with Gasteiger partial charge in [0.05, 0.1) is 12.8 Å². The van der Waals surface area contributed by atoms with E-state index in [1.165, 1.54) is 0 Å². The van der Waals surface area contributed by atoms with Gasteiger partial charge >= 0.3 is 5.97 Å². The molecule has 0 radical (unpaired) electrons. The van der Waals surface area contributed by atoms with Crippen molar-refractivity contribution in [2.45, 2.75) is 71.8 Å². The summed E-state index contributed by atoms with van der Waals surface area (Å²) in [5.41, 5.74) is 6.55. The number of anilines is 1. The van der Waals surface area contributed by atoms with Crippen molar-refractivity contribution in [3.63, 3.8) is 0 Å². The Labute approximate surface area is 214 Å². The zero-order valence-corrected chi connectivity index (χ0v) is 21.9. The predicted molar refractivity (Wildman–Crippen MR) is 133 cm³/mol. The number of likely N-dealkylation sites (tertiary alicyclic amines) is 1. The van der Waals surface area contributed by atoms with Gasteiger partial charge in [-0.2, -0.15) is 5.10 Å². The van der Waals surface area contributed by atoms with Crippen LogP contribution in [-0.2, 0) is 26.3 Å². The lowest BCUT2D eigenvalue weighted by atomic mass is 9.96. The Morgan fingerprint density at radius 2 is 1.89 bits per heavy atom. The molecule has 0 atom stereocenters. The van der Waals surface area contributed by atoms with Crippen LogP contribution in [0.4, 0.5) is 5.82 Å². The number of nitrogens with zero attached hydrogens (tertiary/aromatic N) is 8. The fourth-order valence-corrected chi connectivity index (χ4v) is 4.06. The van der Waals surface area contributed by atoms with E-state index in [2.05, 4.69) is 20.2 Å². The second-order valence-corrected chi connectivity index (χ2v) is 9.90. The first-order chi connectivity index (χ1) is 17.6. The van der Waals surface area contributed by atoms with E-state index in [0.29, 0.717) is 61.4 Å². The minimum Gasteiger partial charge on any atom is -0.466 e. The number of carbonyl (C=O) groups excluding carboxylic acids is 2. The van der Waals surface area contributed by atoms with Crippen LogP contribution in [0.5, 0.6) is 0 Å². The van der Waals surface area contributed by atoms with Crippen LogP contribution in [0.3, 0.4) is 0 Å². The lowest BCUT2D eigenvalue weighted by molar-refractivity contribution is -0.149. The van der Waals surface area contributed by atoms with E-state index in [-0.39, 0.29) is 42.0 Å². The number of amides is 1. The molecule has 0 unspecified atom stereocenters. The highest BCUT2D eigenvalue weighted by Gasteiger charge is 2.29. The summed E-state index contributed by atoms with van der Waals surface area (Å²) in [5, 5.41) is 12.9. The number of aromatic nitrogens is 7. The number of hydrogen-bond donors (Lipinski definition) is 1. The first kappa shape index (κ1) is 26.2. The Morgan fingerprint density at radius 1 is 1.16 bits per heavy atom. The number of rotatable bonds is 7. The molecule has 0 bridgehead atoms. The van der Waals surface area contributed by atoms with Gasteiger partial charge in [0.1, 0.15) is 12.1 Å². The summed E-state index contributed by atoms with van der Waals surface area (Å²) in [6.45, 7) is 11.5. The molecule has 1 amide bonds. The molecular weight excluding hydrogens is 478 g/mol. The standard InChI is InChI=1S/C24H33N9O4/c1-6-33-21(15-13-26-19(25)18(27-15)22-29-30-23(37-22)24(3,4)5)28-20(31-33)14-8-10-32(11-9-14)16(34)12-17(35)36-7-2/h13-14H,6-12H2,1-5H3,(H2,25,26). The number of nitrogen functional groups attached to an aromatic ring is 1. The Kier molecular flexibility index (Phi) is 7.50. The third-order valence-corrected chi connectivity index (χ3v) is 6.10. The van der Waals surface area contributed by atoms with Gasteiger partial charge in [-0.15, -0.1) is 10.2 Å². The van der Waals surface area contributed by atoms with Crippen LogP contribution in [0.2, 0.25) is 0 Å². The Hall–Kier alpha value is -3.90. The van der Waals surface area contributed by atoms with Gasteiger partial charge in [-0.25, -0.2) is 19.6 Å². The number of aryl methyl sites for hydroxylation is 1. The largest absolute Gasteiger partial charge is 0.466 e. The average Bonchev–Trinajstić information content (AvgIpc) is 3.52. The van der Waals surface area contributed by atoms with Gasteiger partial charge in [0.25, 0.3) is 5.89 Å². The third kappa shape index (κ3) is 5.75. The molecule has 1 saturated heterocycles. The molecule has 0 spiro atoms. The van der Waals surface area contributed by atoms with E-state index < -0.39 is 5.97 Å². The molecule has 4 heterocycles. The van der Waals surface area contributed by atoms with Crippen molar-refractivity contribution >= 4 is 17.7 Å². The SMILES string of the molecule is CCOC(=O)CC(=O)N1CCC(c2nc(-c3cnc(N)c(-c4nnc(C(C)(C)C)o4)n3)n(CC)n2)CC1. The van der Waals surface area contributed by atoms with Gasteiger partial charge in [0.2, 0.25) is 11.8 Å². The van der Waals surface area contributed by atoms with Gasteiger partial charge in [0.15, 0.2) is 23.2 Å². The van der Waals surface area contributed by atoms with E-state index in [4.69, 9.17) is 25.0 Å². The second-order valence-electron chi connectivity index (χ2n) is 9.90. The van der Waals surface area contributed by atoms with Crippen molar-refractivity contribution in [1.29, 1.82) is 0 Å². The van der Waals surface area contributed by atoms with E-state index in [9.17, 15) is 9.59 Å². The summed E-state index contributed by atoms with van der Waals surface area (Å²) in [4.78, 5) is 39.5. The lowest BCUT2D eigenvalue weighted by Gasteiger charge is -2.30. The van der Waals surface area contributed by atoms with Crippen molar-refractivity contribution in [1.82, 2.24) is 39.8 Å². The second kappa shape index (κ2) is 10.6. The molecule has 3 aromatic rings. The molecule has 4 rings (SSSR count). The predicted octanol–water partition coefficient (Wildman–Crippen LogP) is 2.34. The van der Waals surface area contributed by atoms with Crippen LogP contribution >= 0.6 is 0 Å². The zero-order valence-electron chi connectivity index (χ0n) is 21.9. The maximum atomic E-state index is 12.4. The van der Waals surface area contributed by atoms with Crippen molar-refractivity contribution in [3.05, 3.63) is 17.9 Å². The first-order valence-electron chi connectivity index (χ1n) is 12.5. The highest BCUT2D eigenvalue weighted by Crippen LogP contribution is 2.30. The van der Waals surface area contributed by atoms with E-state index in [1.807, 2.05) is 27.7 Å². The van der Waals surface area contributed by atoms with Crippen LogP contribution < -0.4 is 5.73 Å². The Morgan fingerprint density at radius 3 is 2.51 bits per heavy atom. The Bertz CT molecular complexity index is 1270. The van der Waals surface area contributed by atoms with Gasteiger partial charge in [-0.1, -0.05) is 20.8 Å². The number of ether oxygens (including phenoxy) is 1. The molecular formula is C24H33N9O4. The van der Waals surface area contributed by atoms with E-state index >= 15 is 0 Å². The molecule has 3 aromatic heterocycles. The van der Waals surface area contributed by atoms with Crippen LogP contribution in [0, 0.1) is 0 Å². The van der Waals surface area contributed by atoms with Crippen molar-refractivity contribution < 1.29 is 18.7 Å². The molecule has 0 saturated carbocycles. The first-order valence-corrected chi connectivity index (χ1v) is 12.5. The highest BCUT2D eigenvalue weighted by molar-refractivity contribution is 5.94. The van der Waals surface area contributed by atoms with E-state index in [1.54, 1.807) is 22.7 Å². The monoisotopic (exact) mass is 511 g/mol. The summed E-state index contributed by atoms with van der Waals surface area (Å²) < 4.78 is 12.5. The topological polar surface area (TPSA) is 168 Å². The quantitative estimate of drug-likeness (QED) is 0.365. The number of esters is 1. The van der Waals surface area contributed by atoms with Gasteiger partial charge in [-0.05, 0) is 26.7 Å². The molecule has 13 heteroatoms. The fraction of sp³-hybridized carbons (Fsp3) is 0.583. The molecule has 1 aliphatic rings. The Balaban J connectivity index is 1.52. The summed E-state index contributed by atoms with van der Waals surface area (Å²) in [6.07, 6.45) is 2.70. The molecule has 198 valence electrons. The zero-order chi connectivity index (χ0) is 26.7. The minimum atomic E-state index is -0.498. The summed E-state index contributed by atoms with van der Waals surface area (Å²) >= 11 is 0. The molecule has 1 fully saturated rings. The smallest absolute Gasteiger partial charge is 0.315 e. The van der Waals surface area contributed by atoms with E-state index in [0.717, 1.165) is 0 Å². The number of hydrogen-bond acceptors (Lipinski definition) is 11. The van der Waals surface area contributed by atoms with Gasteiger partial charge in [0, 0.05) is 31.0 Å². The maximum Gasteiger partial charge on any atom is 0.315 e. The number of carbonyl (C=O) groups is 2. The normalized spacial score (nSPS) is 14.7. The molecule has 1 aliphatic heterocycles. The van der Waals surface area contributed by atoms with Crippen molar-refractivity contribution in [2.24, 2.45) is 0 Å². The maximum absolute atomic E-state index is 12.4. The lowest BCUT2D eigenvalue weighted by Crippen LogP contribution is -2.39. The van der Waals surface area contributed by atoms with Crippen LogP contribution in [-0.4, -0.2) is 71.4 Å². The third-order valence-electron chi connectivity index (χ3n) is 6.10. The molecule has 0 aliphatic carbocycles. The molecule has 13 nitrogen and oxygen atoms in total. The average molecular weight is 512 g/mol. The van der Waals surface area contributed by atoms with Crippen molar-refractivity contribution in [2.75, 3.05) is 25.4 Å². The fourth-order valence-electron chi connectivity index (χ4n) is 4.06. The molecule has 37 heavy (non-hydrogen) atoms. The van der Waals surface area contributed by atoms with Crippen LogP contribution in [0.15, 0.2) is 10.6 Å². The molecule has 0 aromatic carbocycles. The number of piperidine rings is 1. The van der Waals surface area contributed by atoms with Crippen molar-refractivity contribution in [3.8, 4) is 23.1 Å². The van der Waals surface area contributed by atoms with Crippen LogP contribution in [0.1, 0.15) is 71.5 Å². The minimum absolute atomic E-state index is 0.0738. The number of nitrogens with two attached hydrogens (primary N) is 1. The summed E-state index contributed by atoms with van der Waals surface area (Å²) in [6, 6.07) is 0. The van der Waals surface area contributed by atoms with Gasteiger partial charge in [-0.3, -0.25) is 9.59 Å². The molecule has 2 N–H and O–H groups in total. The highest BCUT2D eigenvalue weighted by atomic mass is 16.5. The summed E-state index contributed by atoms with van der Waals surface area (Å²) in [5.74, 6) is 1.44. The summed E-state index contributed by atoms with van der Waals surface area (Å²) in [7, 11) is 0. The van der Waals surface area contributed by atoms with Crippen LogP contribution in [0.25, 0.3) is 23.1 Å². The van der Waals surface area contributed by atoms with Gasteiger partial charge < -0.3 is 19.8 Å².